The molecule has 1 amide bonds. The number of nitrogens with one attached hydrogen (secondary N) is 2. The summed E-state index contributed by atoms with van der Waals surface area (Å²) in [5.74, 6) is 0.349. The summed E-state index contributed by atoms with van der Waals surface area (Å²) < 4.78 is 14.4. The molecule has 32 heavy (non-hydrogen) atoms. The van der Waals surface area contributed by atoms with E-state index in [0.717, 1.165) is 36.0 Å². The molecule has 8 heteroatoms. The van der Waals surface area contributed by atoms with Crippen molar-refractivity contribution in [2.75, 3.05) is 25.0 Å². The third-order valence-electron chi connectivity index (χ3n) is 5.82. The Morgan fingerprint density at radius 1 is 1.19 bits per heavy atom. The number of carbonyl (C=O) groups excluding carboxylic acids is 1. The number of aromatic nitrogens is 4. The smallest absolute Gasteiger partial charge is 0.253 e. The highest BCUT2D eigenvalue weighted by Gasteiger charge is 2.25. The lowest BCUT2D eigenvalue weighted by molar-refractivity contribution is 0.0680. The summed E-state index contributed by atoms with van der Waals surface area (Å²) in [6.45, 7) is 1.90. The Bertz CT molecular complexity index is 1240. The quantitative estimate of drug-likeness (QED) is 0.497. The molecule has 0 radical (unpaired) electrons. The highest BCUT2D eigenvalue weighted by molar-refractivity contribution is 5.94. The predicted molar refractivity (Wildman–Crippen MR) is 121 cm³/mol. The first-order valence-electron chi connectivity index (χ1n) is 10.7. The molecule has 4 heterocycles. The minimum atomic E-state index is -0.500. The maximum Gasteiger partial charge on any atom is 0.253 e. The molecule has 4 aromatic rings. The molecule has 1 aliphatic rings. The number of aromatic amines is 1. The van der Waals surface area contributed by atoms with Crippen molar-refractivity contribution in [3.63, 3.8) is 0 Å². The number of nitrogens with zero attached hydrogens (tertiary/aromatic N) is 4. The van der Waals surface area contributed by atoms with Crippen LogP contribution in [-0.2, 0) is 0 Å². The standard InChI is InChI=1S/C24H23FN6O/c25-20-14-29-22(19-13-28-21-18(19)9-4-10-26-21)30-23(20)27-12-16-6-5-11-31(15-16)24(32)17-7-2-1-3-8-17/h1-4,7-10,13-14,16H,5-6,11-12,15H2,(H,26,28)(H,27,29,30)/t16-/m1/s1. The molecule has 1 aromatic carbocycles. The van der Waals surface area contributed by atoms with Crippen molar-refractivity contribution >= 4 is 22.8 Å². The summed E-state index contributed by atoms with van der Waals surface area (Å²) in [6, 6.07) is 13.1. The van der Waals surface area contributed by atoms with Crippen LogP contribution in [0.5, 0.6) is 0 Å². The molecule has 0 bridgehead atoms. The number of rotatable bonds is 5. The summed E-state index contributed by atoms with van der Waals surface area (Å²) in [4.78, 5) is 30.6. The maximum absolute atomic E-state index is 14.4. The van der Waals surface area contributed by atoms with Gasteiger partial charge in [0.05, 0.1) is 6.20 Å². The van der Waals surface area contributed by atoms with Crippen molar-refractivity contribution in [3.05, 3.63) is 72.4 Å². The largest absolute Gasteiger partial charge is 0.367 e. The van der Waals surface area contributed by atoms with E-state index in [-0.39, 0.29) is 17.6 Å². The van der Waals surface area contributed by atoms with E-state index < -0.39 is 5.82 Å². The Morgan fingerprint density at radius 3 is 2.94 bits per heavy atom. The van der Waals surface area contributed by atoms with Crippen LogP contribution >= 0.6 is 0 Å². The second-order valence-corrected chi connectivity index (χ2v) is 8.00. The number of halogens is 1. The molecule has 5 rings (SSSR count). The molecule has 0 aliphatic carbocycles. The minimum Gasteiger partial charge on any atom is -0.367 e. The van der Waals surface area contributed by atoms with E-state index in [1.807, 2.05) is 47.4 Å². The van der Waals surface area contributed by atoms with Crippen molar-refractivity contribution in [2.45, 2.75) is 12.8 Å². The second kappa shape index (κ2) is 8.74. The van der Waals surface area contributed by atoms with Crippen LogP contribution in [-0.4, -0.2) is 50.4 Å². The molecular formula is C24H23FN6O. The summed E-state index contributed by atoms with van der Waals surface area (Å²) >= 11 is 0. The highest BCUT2D eigenvalue weighted by atomic mass is 19.1. The number of hydrogen-bond donors (Lipinski definition) is 2. The summed E-state index contributed by atoms with van der Waals surface area (Å²) in [7, 11) is 0. The number of carbonyl (C=O) groups is 1. The van der Waals surface area contributed by atoms with Crippen LogP contribution in [0.15, 0.2) is 61.1 Å². The SMILES string of the molecule is O=C(c1ccccc1)N1CCC[C@H](CNc2nc(-c3c[nH]c4ncccc34)ncc2F)C1. The fourth-order valence-electron chi connectivity index (χ4n) is 4.18. The summed E-state index contributed by atoms with van der Waals surface area (Å²) in [6.07, 6.45) is 6.57. The van der Waals surface area contributed by atoms with Crippen LogP contribution in [0, 0.1) is 11.7 Å². The Kier molecular flexibility index (Phi) is 5.49. The number of piperidine rings is 1. The molecule has 162 valence electrons. The minimum absolute atomic E-state index is 0.0405. The van der Waals surface area contributed by atoms with Gasteiger partial charge in [-0.25, -0.2) is 19.3 Å². The molecule has 3 aromatic heterocycles. The van der Waals surface area contributed by atoms with Crippen molar-refractivity contribution in [1.82, 2.24) is 24.8 Å². The predicted octanol–water partition coefficient (Wildman–Crippen LogP) is 4.12. The lowest BCUT2D eigenvalue weighted by atomic mass is 9.97. The average Bonchev–Trinajstić information content (AvgIpc) is 3.28. The van der Waals surface area contributed by atoms with Gasteiger partial charge in [0.2, 0.25) is 0 Å². The van der Waals surface area contributed by atoms with Crippen molar-refractivity contribution < 1.29 is 9.18 Å². The average molecular weight is 430 g/mol. The highest BCUT2D eigenvalue weighted by Crippen LogP contribution is 2.26. The van der Waals surface area contributed by atoms with Gasteiger partial charge in [0.25, 0.3) is 5.91 Å². The van der Waals surface area contributed by atoms with Gasteiger partial charge in [0.15, 0.2) is 17.5 Å². The van der Waals surface area contributed by atoms with Gasteiger partial charge in [0, 0.05) is 48.5 Å². The molecule has 0 spiro atoms. The van der Waals surface area contributed by atoms with Crippen LogP contribution in [0.2, 0.25) is 0 Å². The number of fused-ring (bicyclic) bond motifs is 1. The first-order valence-corrected chi connectivity index (χ1v) is 10.7. The van der Waals surface area contributed by atoms with Crippen molar-refractivity contribution in [1.29, 1.82) is 0 Å². The number of anilines is 1. The van der Waals surface area contributed by atoms with Crippen LogP contribution in [0.25, 0.3) is 22.4 Å². The van der Waals surface area contributed by atoms with E-state index in [9.17, 15) is 9.18 Å². The van der Waals surface area contributed by atoms with E-state index in [0.29, 0.717) is 24.5 Å². The van der Waals surface area contributed by atoms with Gasteiger partial charge >= 0.3 is 0 Å². The van der Waals surface area contributed by atoms with Crippen LogP contribution < -0.4 is 5.32 Å². The summed E-state index contributed by atoms with van der Waals surface area (Å²) in [5.41, 5.74) is 2.20. The number of likely N-dealkylation sites (tertiary alicyclic amines) is 1. The zero-order valence-corrected chi connectivity index (χ0v) is 17.5. The Balaban J connectivity index is 1.28. The molecule has 0 unspecified atom stereocenters. The van der Waals surface area contributed by atoms with Gasteiger partial charge in [-0.3, -0.25) is 4.79 Å². The number of H-pyrrole nitrogens is 1. The lowest BCUT2D eigenvalue weighted by Crippen LogP contribution is -2.41. The van der Waals surface area contributed by atoms with Gasteiger partial charge in [-0.1, -0.05) is 18.2 Å². The Morgan fingerprint density at radius 2 is 2.06 bits per heavy atom. The van der Waals surface area contributed by atoms with Gasteiger partial charge in [0.1, 0.15) is 5.65 Å². The van der Waals surface area contributed by atoms with E-state index >= 15 is 0 Å². The second-order valence-electron chi connectivity index (χ2n) is 8.00. The first-order chi connectivity index (χ1) is 15.7. The molecule has 1 aliphatic heterocycles. The number of hydrogen-bond acceptors (Lipinski definition) is 5. The van der Waals surface area contributed by atoms with Crippen molar-refractivity contribution in [2.24, 2.45) is 5.92 Å². The monoisotopic (exact) mass is 430 g/mol. The van der Waals surface area contributed by atoms with Gasteiger partial charge < -0.3 is 15.2 Å². The third kappa shape index (κ3) is 4.03. The molecule has 2 N–H and O–H groups in total. The zero-order chi connectivity index (χ0) is 21.9. The molecular weight excluding hydrogens is 407 g/mol. The number of amides is 1. The van der Waals surface area contributed by atoms with E-state index in [2.05, 4.69) is 25.3 Å². The topological polar surface area (TPSA) is 86.8 Å². The van der Waals surface area contributed by atoms with E-state index in [4.69, 9.17) is 0 Å². The first kappa shape index (κ1) is 20.1. The maximum atomic E-state index is 14.4. The molecule has 1 fully saturated rings. The van der Waals surface area contributed by atoms with Crippen LogP contribution in [0.1, 0.15) is 23.2 Å². The molecule has 1 saturated heterocycles. The normalized spacial score (nSPS) is 16.3. The van der Waals surface area contributed by atoms with E-state index in [1.165, 1.54) is 6.20 Å². The van der Waals surface area contributed by atoms with Crippen LogP contribution in [0.4, 0.5) is 10.2 Å². The third-order valence-corrected chi connectivity index (χ3v) is 5.82. The number of pyridine rings is 1. The fraction of sp³-hybridized carbons (Fsp3) is 0.250. The summed E-state index contributed by atoms with van der Waals surface area (Å²) in [5, 5.41) is 4.02. The van der Waals surface area contributed by atoms with Gasteiger partial charge in [-0.2, -0.15) is 0 Å². The Labute approximate surface area is 184 Å². The zero-order valence-electron chi connectivity index (χ0n) is 17.5. The molecule has 7 nitrogen and oxygen atoms in total. The van der Waals surface area contributed by atoms with Crippen molar-refractivity contribution in [3.8, 4) is 11.4 Å². The lowest BCUT2D eigenvalue weighted by Gasteiger charge is -2.33. The number of benzene rings is 1. The molecule has 1 atom stereocenters. The van der Waals surface area contributed by atoms with Gasteiger partial charge in [-0.15, -0.1) is 0 Å². The fourth-order valence-corrected chi connectivity index (χ4v) is 4.18. The van der Waals surface area contributed by atoms with Crippen LogP contribution in [0.3, 0.4) is 0 Å². The molecule has 0 saturated carbocycles. The van der Waals surface area contributed by atoms with E-state index in [1.54, 1.807) is 12.4 Å². The Hall–Kier alpha value is -3.81. The van der Waals surface area contributed by atoms with Gasteiger partial charge in [-0.05, 0) is 43.0 Å².